The SMILES string of the molecule is CP(=O)(c1cccnc1)c1ccc2nc3c4ccccc4c4c5ccccc5ccc4n3c2c1. The number of pyridine rings is 2. The molecule has 7 rings (SSSR count). The van der Waals surface area contributed by atoms with Gasteiger partial charge in [0.1, 0.15) is 12.8 Å². The fraction of sp³-hybridized carbons (Fsp3) is 0.0345. The molecule has 0 spiro atoms. The number of imidazole rings is 1. The third kappa shape index (κ3) is 2.63. The summed E-state index contributed by atoms with van der Waals surface area (Å²) in [5.41, 5.74) is 3.86. The van der Waals surface area contributed by atoms with Crippen LogP contribution < -0.4 is 10.6 Å². The standard InChI is InChI=1S/C29H20N3OP/c1-34(33,21-8-6-16-30-18-21)20-13-14-25-27(17-20)32-26-15-12-19-7-2-3-9-22(19)28(26)23-10-4-5-11-24(23)29(32)31-25/h2-18H,1H3. The molecule has 3 aromatic heterocycles. The third-order valence-corrected chi connectivity index (χ3v) is 9.37. The summed E-state index contributed by atoms with van der Waals surface area (Å²) in [6.07, 6.45) is 3.41. The van der Waals surface area contributed by atoms with E-state index in [0.29, 0.717) is 0 Å². The molecule has 4 nitrogen and oxygen atoms in total. The number of hydrogen-bond donors (Lipinski definition) is 0. The lowest BCUT2D eigenvalue weighted by Crippen LogP contribution is -2.15. The summed E-state index contributed by atoms with van der Waals surface area (Å²) in [5, 5.41) is 7.48. The second-order valence-corrected chi connectivity index (χ2v) is 11.7. The van der Waals surface area contributed by atoms with Crippen LogP contribution in [0, 0.1) is 0 Å². The highest BCUT2D eigenvalue weighted by atomic mass is 31.2. The first-order valence-electron chi connectivity index (χ1n) is 11.3. The maximum absolute atomic E-state index is 13.9. The zero-order valence-corrected chi connectivity index (χ0v) is 19.4. The van der Waals surface area contributed by atoms with Gasteiger partial charge in [-0.1, -0.05) is 54.6 Å². The van der Waals surface area contributed by atoms with Crippen LogP contribution in [0.2, 0.25) is 0 Å². The Bertz CT molecular complexity index is 1960. The number of hydrogen-bond acceptors (Lipinski definition) is 3. The predicted octanol–water partition coefficient (Wildman–Crippen LogP) is 6.29. The van der Waals surface area contributed by atoms with E-state index in [9.17, 15) is 4.57 Å². The van der Waals surface area contributed by atoms with Crippen LogP contribution in [0.25, 0.3) is 49.1 Å². The van der Waals surface area contributed by atoms with Gasteiger partial charge in [-0.2, -0.15) is 0 Å². The van der Waals surface area contributed by atoms with Gasteiger partial charge in [0.05, 0.1) is 16.6 Å². The van der Waals surface area contributed by atoms with Crippen LogP contribution in [0.5, 0.6) is 0 Å². The second-order valence-electron chi connectivity index (χ2n) is 8.81. The third-order valence-electron chi connectivity index (χ3n) is 6.85. The summed E-state index contributed by atoms with van der Waals surface area (Å²) in [7, 11) is -2.81. The van der Waals surface area contributed by atoms with E-state index >= 15 is 0 Å². The molecule has 7 aromatic rings. The Labute approximate surface area is 195 Å². The van der Waals surface area contributed by atoms with Gasteiger partial charge < -0.3 is 4.57 Å². The quantitative estimate of drug-likeness (QED) is 0.227. The normalized spacial score (nSPS) is 13.8. The van der Waals surface area contributed by atoms with Crippen molar-refractivity contribution in [1.82, 2.24) is 14.4 Å². The van der Waals surface area contributed by atoms with E-state index in [2.05, 4.69) is 70.0 Å². The van der Waals surface area contributed by atoms with Crippen molar-refractivity contribution in [3.8, 4) is 0 Å². The maximum Gasteiger partial charge on any atom is 0.146 e. The monoisotopic (exact) mass is 457 g/mol. The lowest BCUT2D eigenvalue weighted by molar-refractivity contribution is 0.590. The highest BCUT2D eigenvalue weighted by Crippen LogP contribution is 2.40. The minimum absolute atomic E-state index is 0.754. The van der Waals surface area contributed by atoms with E-state index in [4.69, 9.17) is 4.98 Å². The summed E-state index contributed by atoms with van der Waals surface area (Å²) in [6, 6.07) is 31.0. The first-order valence-corrected chi connectivity index (χ1v) is 13.4. The molecule has 0 fully saturated rings. The van der Waals surface area contributed by atoms with Crippen LogP contribution in [0.15, 0.2) is 103 Å². The number of fused-ring (bicyclic) bond motifs is 10. The van der Waals surface area contributed by atoms with Crippen molar-refractivity contribution in [3.63, 3.8) is 0 Å². The molecule has 3 heterocycles. The fourth-order valence-electron chi connectivity index (χ4n) is 5.13. The van der Waals surface area contributed by atoms with Gasteiger partial charge in [0.15, 0.2) is 0 Å². The molecule has 162 valence electrons. The van der Waals surface area contributed by atoms with Crippen LogP contribution in [0.1, 0.15) is 0 Å². The molecule has 0 radical (unpaired) electrons. The van der Waals surface area contributed by atoms with Gasteiger partial charge in [-0.05, 0) is 59.2 Å². The van der Waals surface area contributed by atoms with Gasteiger partial charge in [-0.25, -0.2) is 4.98 Å². The molecule has 0 N–H and O–H groups in total. The van der Waals surface area contributed by atoms with Crippen molar-refractivity contribution < 1.29 is 4.57 Å². The Morgan fingerprint density at radius 2 is 1.53 bits per heavy atom. The van der Waals surface area contributed by atoms with Crippen molar-refractivity contribution in [3.05, 3.63) is 103 Å². The molecular formula is C29H20N3OP. The average molecular weight is 457 g/mol. The molecule has 5 heteroatoms. The first kappa shape index (κ1) is 19.5. The number of benzene rings is 4. The largest absolute Gasteiger partial charge is 0.314 e. The molecule has 1 atom stereocenters. The van der Waals surface area contributed by atoms with Gasteiger partial charge in [-0.15, -0.1) is 0 Å². The summed E-state index contributed by atoms with van der Waals surface area (Å²) in [4.78, 5) is 9.22. The van der Waals surface area contributed by atoms with E-state index in [1.807, 2.05) is 37.0 Å². The zero-order chi connectivity index (χ0) is 22.9. The lowest BCUT2D eigenvalue weighted by Gasteiger charge is -2.14. The van der Waals surface area contributed by atoms with Crippen LogP contribution in [0.4, 0.5) is 0 Å². The highest BCUT2D eigenvalue weighted by Gasteiger charge is 2.23. The fourth-order valence-corrected chi connectivity index (χ4v) is 6.82. The van der Waals surface area contributed by atoms with E-state index in [1.54, 1.807) is 12.4 Å². The molecule has 0 saturated carbocycles. The molecule has 0 bridgehead atoms. The Hall–Kier alpha value is -4.01. The van der Waals surface area contributed by atoms with Crippen LogP contribution in [-0.2, 0) is 4.57 Å². The second kappa shape index (κ2) is 6.99. The molecule has 0 amide bonds. The van der Waals surface area contributed by atoms with E-state index in [0.717, 1.165) is 38.2 Å². The molecule has 0 aliphatic heterocycles. The molecule has 34 heavy (non-hydrogen) atoms. The molecule has 4 aromatic carbocycles. The average Bonchev–Trinajstić information content (AvgIpc) is 3.28. The minimum Gasteiger partial charge on any atom is -0.314 e. The molecular weight excluding hydrogens is 437 g/mol. The van der Waals surface area contributed by atoms with Gasteiger partial charge in [-0.3, -0.25) is 9.38 Å². The predicted molar refractivity (Wildman–Crippen MR) is 142 cm³/mol. The number of nitrogens with zero attached hydrogens (tertiary/aromatic N) is 3. The van der Waals surface area contributed by atoms with Crippen molar-refractivity contribution in [1.29, 1.82) is 0 Å². The van der Waals surface area contributed by atoms with Gasteiger partial charge in [0.2, 0.25) is 0 Å². The van der Waals surface area contributed by atoms with Crippen LogP contribution >= 0.6 is 7.14 Å². The van der Waals surface area contributed by atoms with Crippen molar-refractivity contribution in [2.75, 3.05) is 6.66 Å². The maximum atomic E-state index is 13.9. The topological polar surface area (TPSA) is 47.3 Å². The van der Waals surface area contributed by atoms with Crippen molar-refractivity contribution in [2.45, 2.75) is 0 Å². The van der Waals surface area contributed by atoms with Crippen LogP contribution in [0.3, 0.4) is 0 Å². The Morgan fingerprint density at radius 3 is 2.35 bits per heavy atom. The lowest BCUT2D eigenvalue weighted by atomic mass is 9.99. The van der Waals surface area contributed by atoms with E-state index < -0.39 is 7.14 Å². The van der Waals surface area contributed by atoms with E-state index in [1.165, 1.54) is 21.5 Å². The Morgan fingerprint density at radius 1 is 0.735 bits per heavy atom. The summed E-state index contributed by atoms with van der Waals surface area (Å²) in [6.45, 7) is 1.81. The zero-order valence-electron chi connectivity index (χ0n) is 18.5. The van der Waals surface area contributed by atoms with Gasteiger partial charge >= 0.3 is 0 Å². The number of aromatic nitrogens is 3. The smallest absolute Gasteiger partial charge is 0.146 e. The Balaban J connectivity index is 1.66. The molecule has 0 aliphatic rings. The van der Waals surface area contributed by atoms with Crippen molar-refractivity contribution in [2.24, 2.45) is 0 Å². The molecule has 0 saturated heterocycles. The number of rotatable bonds is 2. The van der Waals surface area contributed by atoms with Gasteiger partial charge in [0.25, 0.3) is 0 Å². The highest BCUT2D eigenvalue weighted by molar-refractivity contribution is 7.78. The summed E-state index contributed by atoms with van der Waals surface area (Å²) < 4.78 is 16.1. The molecule has 1 unspecified atom stereocenters. The van der Waals surface area contributed by atoms with E-state index in [-0.39, 0.29) is 0 Å². The Kier molecular flexibility index (Phi) is 4.00. The van der Waals surface area contributed by atoms with Crippen molar-refractivity contribution >= 4 is 66.9 Å². The minimum atomic E-state index is -2.81. The first-order chi connectivity index (χ1) is 16.6. The summed E-state index contributed by atoms with van der Waals surface area (Å²) in [5.74, 6) is 0. The van der Waals surface area contributed by atoms with Crippen LogP contribution in [-0.4, -0.2) is 21.0 Å². The summed E-state index contributed by atoms with van der Waals surface area (Å²) >= 11 is 0. The molecule has 0 aliphatic carbocycles. The van der Waals surface area contributed by atoms with Gasteiger partial charge in [0, 0.05) is 33.8 Å².